The summed E-state index contributed by atoms with van der Waals surface area (Å²) in [4.78, 5) is 16.4. The van der Waals surface area contributed by atoms with E-state index in [4.69, 9.17) is 11.6 Å². The molecule has 4 rings (SSSR count). The fraction of sp³-hybridized carbons (Fsp3) is 0.200. The lowest BCUT2D eigenvalue weighted by molar-refractivity contribution is -0.126. The third-order valence-electron chi connectivity index (χ3n) is 4.60. The quantitative estimate of drug-likeness (QED) is 0.636. The van der Waals surface area contributed by atoms with E-state index < -0.39 is 0 Å². The summed E-state index contributed by atoms with van der Waals surface area (Å²) in [6, 6.07) is 13.1. The molecule has 1 fully saturated rings. The van der Waals surface area contributed by atoms with E-state index in [-0.39, 0.29) is 5.91 Å². The fourth-order valence-corrected chi connectivity index (χ4v) is 3.24. The second-order valence-corrected chi connectivity index (χ2v) is 6.77. The molecule has 0 atom stereocenters. The van der Waals surface area contributed by atoms with E-state index in [1.165, 1.54) is 0 Å². The molecular formula is C20H19ClN6O. The second kappa shape index (κ2) is 8.22. The van der Waals surface area contributed by atoms with Crippen molar-refractivity contribution in [3.8, 4) is 5.82 Å². The molecule has 1 aromatic carbocycles. The number of halogens is 1. The van der Waals surface area contributed by atoms with Crippen LogP contribution in [0.15, 0.2) is 60.9 Å². The lowest BCUT2D eigenvalue weighted by atomic mass is 10.2. The van der Waals surface area contributed by atoms with Gasteiger partial charge in [0.25, 0.3) is 0 Å². The van der Waals surface area contributed by atoms with Crippen molar-refractivity contribution in [2.24, 2.45) is 0 Å². The van der Waals surface area contributed by atoms with Gasteiger partial charge in [-0.2, -0.15) is 5.10 Å². The Kier molecular flexibility index (Phi) is 5.34. The molecule has 7 nitrogen and oxygen atoms in total. The normalized spacial score (nSPS) is 14.6. The number of aromatic nitrogens is 4. The van der Waals surface area contributed by atoms with Gasteiger partial charge in [0, 0.05) is 49.7 Å². The standard InChI is InChI=1S/C20H19ClN6O/c21-17-5-2-1-4-16(17)6-9-20(28)26-14-12-25(13-15-26)18-7-8-19(24-23-18)27-11-3-10-22-27/h1-11H,12-15H2/b9-6+. The summed E-state index contributed by atoms with van der Waals surface area (Å²) in [5.41, 5.74) is 0.837. The van der Waals surface area contributed by atoms with Gasteiger partial charge in [0.05, 0.1) is 0 Å². The molecule has 28 heavy (non-hydrogen) atoms. The Morgan fingerprint density at radius 1 is 0.964 bits per heavy atom. The summed E-state index contributed by atoms with van der Waals surface area (Å²) >= 11 is 6.12. The predicted octanol–water partition coefficient (Wildman–Crippen LogP) is 2.68. The maximum Gasteiger partial charge on any atom is 0.246 e. The summed E-state index contributed by atoms with van der Waals surface area (Å²) in [5.74, 6) is 1.46. The van der Waals surface area contributed by atoms with Gasteiger partial charge in [-0.15, -0.1) is 10.2 Å². The van der Waals surface area contributed by atoms with Gasteiger partial charge in [-0.05, 0) is 35.9 Å². The second-order valence-electron chi connectivity index (χ2n) is 6.37. The van der Waals surface area contributed by atoms with Crippen molar-refractivity contribution in [2.45, 2.75) is 0 Å². The zero-order valence-electron chi connectivity index (χ0n) is 15.1. The van der Waals surface area contributed by atoms with Crippen LogP contribution >= 0.6 is 11.6 Å². The van der Waals surface area contributed by atoms with E-state index in [1.54, 1.807) is 23.0 Å². The van der Waals surface area contributed by atoms with Gasteiger partial charge in [-0.1, -0.05) is 29.8 Å². The summed E-state index contributed by atoms with van der Waals surface area (Å²) in [5, 5.41) is 13.3. The van der Waals surface area contributed by atoms with Crippen LogP contribution in [0.25, 0.3) is 11.9 Å². The van der Waals surface area contributed by atoms with Crippen molar-refractivity contribution in [2.75, 3.05) is 31.1 Å². The van der Waals surface area contributed by atoms with Crippen LogP contribution in [-0.4, -0.2) is 57.0 Å². The van der Waals surface area contributed by atoms with Crippen molar-refractivity contribution in [1.82, 2.24) is 24.9 Å². The molecule has 0 spiro atoms. The van der Waals surface area contributed by atoms with Crippen LogP contribution in [0.1, 0.15) is 5.56 Å². The van der Waals surface area contributed by atoms with Gasteiger partial charge in [-0.25, -0.2) is 4.68 Å². The minimum absolute atomic E-state index is 0.0142. The van der Waals surface area contributed by atoms with Gasteiger partial charge in [0.15, 0.2) is 11.6 Å². The molecule has 3 aromatic rings. The van der Waals surface area contributed by atoms with Crippen molar-refractivity contribution < 1.29 is 4.79 Å². The highest BCUT2D eigenvalue weighted by Crippen LogP contribution is 2.17. The number of carbonyl (C=O) groups is 1. The molecule has 0 bridgehead atoms. The molecular weight excluding hydrogens is 376 g/mol. The van der Waals surface area contributed by atoms with Crippen LogP contribution in [0, 0.1) is 0 Å². The molecule has 1 aliphatic heterocycles. The van der Waals surface area contributed by atoms with Crippen molar-refractivity contribution >= 4 is 29.4 Å². The minimum atomic E-state index is -0.0142. The number of rotatable bonds is 4. The van der Waals surface area contributed by atoms with Gasteiger partial charge < -0.3 is 9.80 Å². The van der Waals surface area contributed by atoms with Crippen LogP contribution in [-0.2, 0) is 4.79 Å². The summed E-state index contributed by atoms with van der Waals surface area (Å²) in [6.07, 6.45) is 6.86. The predicted molar refractivity (Wildman–Crippen MR) is 108 cm³/mol. The largest absolute Gasteiger partial charge is 0.352 e. The zero-order chi connectivity index (χ0) is 19.3. The molecule has 1 amide bonds. The van der Waals surface area contributed by atoms with Gasteiger partial charge in [-0.3, -0.25) is 4.79 Å². The van der Waals surface area contributed by atoms with Crippen LogP contribution < -0.4 is 4.90 Å². The van der Waals surface area contributed by atoms with E-state index in [2.05, 4.69) is 20.2 Å². The van der Waals surface area contributed by atoms with E-state index >= 15 is 0 Å². The molecule has 0 unspecified atom stereocenters. The summed E-state index contributed by atoms with van der Waals surface area (Å²) in [6.45, 7) is 2.69. The Morgan fingerprint density at radius 3 is 2.39 bits per heavy atom. The van der Waals surface area contributed by atoms with Crippen molar-refractivity contribution in [3.05, 3.63) is 71.5 Å². The van der Waals surface area contributed by atoms with Crippen molar-refractivity contribution in [1.29, 1.82) is 0 Å². The first-order valence-electron chi connectivity index (χ1n) is 9.01. The first-order valence-corrected chi connectivity index (χ1v) is 9.39. The first kappa shape index (κ1) is 18.2. The highest BCUT2D eigenvalue weighted by Gasteiger charge is 2.21. The third kappa shape index (κ3) is 4.04. The van der Waals surface area contributed by atoms with Gasteiger partial charge in [0.2, 0.25) is 5.91 Å². The van der Waals surface area contributed by atoms with Crippen LogP contribution in [0.3, 0.4) is 0 Å². The molecule has 1 aliphatic rings. The smallest absolute Gasteiger partial charge is 0.246 e. The third-order valence-corrected chi connectivity index (χ3v) is 4.95. The number of amides is 1. The lowest BCUT2D eigenvalue weighted by Crippen LogP contribution is -2.48. The number of hydrogen-bond donors (Lipinski definition) is 0. The molecule has 2 aromatic heterocycles. The van der Waals surface area contributed by atoms with E-state index in [9.17, 15) is 4.79 Å². The molecule has 8 heteroatoms. The number of benzene rings is 1. The Hall–Kier alpha value is -3.19. The maximum absolute atomic E-state index is 12.4. The average Bonchev–Trinajstić information content (AvgIpc) is 3.28. The molecule has 0 aliphatic carbocycles. The summed E-state index contributed by atoms with van der Waals surface area (Å²) in [7, 11) is 0. The SMILES string of the molecule is O=C(/C=C/c1ccccc1Cl)N1CCN(c2ccc(-n3cccn3)nn2)CC1. The topological polar surface area (TPSA) is 67.2 Å². The molecule has 0 radical (unpaired) electrons. The Labute approximate surface area is 167 Å². The lowest BCUT2D eigenvalue weighted by Gasteiger charge is -2.34. The van der Waals surface area contributed by atoms with Crippen LogP contribution in [0.4, 0.5) is 5.82 Å². The number of carbonyl (C=O) groups excluding carboxylic acids is 1. The summed E-state index contributed by atoms with van der Waals surface area (Å²) < 4.78 is 1.67. The number of nitrogens with zero attached hydrogens (tertiary/aromatic N) is 6. The minimum Gasteiger partial charge on any atom is -0.352 e. The first-order chi connectivity index (χ1) is 13.7. The highest BCUT2D eigenvalue weighted by molar-refractivity contribution is 6.32. The van der Waals surface area contributed by atoms with E-state index in [0.717, 1.165) is 11.4 Å². The van der Waals surface area contributed by atoms with Gasteiger partial charge >= 0.3 is 0 Å². The van der Waals surface area contributed by atoms with Crippen LogP contribution in [0.5, 0.6) is 0 Å². The number of piperazine rings is 1. The fourth-order valence-electron chi connectivity index (χ4n) is 3.05. The van der Waals surface area contributed by atoms with Crippen molar-refractivity contribution in [3.63, 3.8) is 0 Å². The molecule has 0 N–H and O–H groups in total. The maximum atomic E-state index is 12.4. The number of anilines is 1. The molecule has 3 heterocycles. The molecule has 0 saturated carbocycles. The Bertz CT molecular complexity index is 963. The Balaban J connectivity index is 1.34. The monoisotopic (exact) mass is 394 g/mol. The van der Waals surface area contributed by atoms with Gasteiger partial charge in [0.1, 0.15) is 0 Å². The average molecular weight is 395 g/mol. The molecule has 1 saturated heterocycles. The number of hydrogen-bond acceptors (Lipinski definition) is 5. The van der Waals surface area contributed by atoms with E-state index in [0.29, 0.717) is 37.0 Å². The van der Waals surface area contributed by atoms with Crippen LogP contribution in [0.2, 0.25) is 5.02 Å². The highest BCUT2D eigenvalue weighted by atomic mass is 35.5. The molecule has 142 valence electrons. The Morgan fingerprint density at radius 2 is 1.71 bits per heavy atom. The van der Waals surface area contributed by atoms with E-state index in [1.807, 2.05) is 53.6 Å². The zero-order valence-corrected chi connectivity index (χ0v) is 15.9.